The molecule has 0 radical (unpaired) electrons. The summed E-state index contributed by atoms with van der Waals surface area (Å²) in [5, 5.41) is 6.55. The van der Waals surface area contributed by atoms with Crippen LogP contribution in [0.4, 0.5) is 10.2 Å². The summed E-state index contributed by atoms with van der Waals surface area (Å²) in [7, 11) is 0. The molecule has 3 aromatic heterocycles. The van der Waals surface area contributed by atoms with Crippen LogP contribution in [0.25, 0.3) is 16.4 Å². The van der Waals surface area contributed by atoms with Gasteiger partial charge in [-0.2, -0.15) is 0 Å². The van der Waals surface area contributed by atoms with Gasteiger partial charge in [0.25, 0.3) is 5.91 Å². The number of aromatic nitrogens is 4. The number of benzene rings is 1. The van der Waals surface area contributed by atoms with Crippen LogP contribution in [0.15, 0.2) is 60.1 Å². The number of halogens is 1. The predicted octanol–water partition coefficient (Wildman–Crippen LogP) is 5.82. The van der Waals surface area contributed by atoms with Crippen LogP contribution < -0.4 is 4.90 Å². The Labute approximate surface area is 195 Å². The normalized spacial score (nSPS) is 14.4. The fourth-order valence-electron chi connectivity index (χ4n) is 4.24. The highest BCUT2D eigenvalue weighted by Crippen LogP contribution is 2.30. The molecule has 1 amide bonds. The molecule has 33 heavy (non-hydrogen) atoms. The summed E-state index contributed by atoms with van der Waals surface area (Å²) < 4.78 is 15.1. The highest BCUT2D eigenvalue weighted by atomic mass is 32.1. The van der Waals surface area contributed by atoms with Crippen molar-refractivity contribution >= 4 is 23.1 Å². The molecule has 6 nitrogen and oxygen atoms in total. The van der Waals surface area contributed by atoms with Crippen LogP contribution in [-0.2, 0) is 0 Å². The molecule has 168 valence electrons. The fraction of sp³-hybridized carbons (Fsp3) is 0.280. The van der Waals surface area contributed by atoms with Crippen LogP contribution in [0.2, 0.25) is 0 Å². The zero-order valence-corrected chi connectivity index (χ0v) is 19.1. The Kier molecular flexibility index (Phi) is 6.00. The van der Waals surface area contributed by atoms with Gasteiger partial charge in [0.15, 0.2) is 5.82 Å². The first-order valence-electron chi connectivity index (χ1n) is 11.1. The monoisotopic (exact) mass is 461 g/mol. The highest BCUT2D eigenvalue weighted by Gasteiger charge is 2.32. The van der Waals surface area contributed by atoms with Crippen LogP contribution >= 0.6 is 11.3 Å². The zero-order valence-electron chi connectivity index (χ0n) is 18.3. The topological polar surface area (TPSA) is 63.9 Å². The largest absolute Gasteiger partial charge is 0.299 e. The Morgan fingerprint density at radius 1 is 1.09 bits per heavy atom. The third-order valence-corrected chi connectivity index (χ3v) is 6.78. The van der Waals surface area contributed by atoms with Gasteiger partial charge in [-0.15, -0.1) is 16.4 Å². The van der Waals surface area contributed by atoms with Gasteiger partial charge in [0.1, 0.15) is 11.6 Å². The van der Waals surface area contributed by atoms with E-state index < -0.39 is 0 Å². The van der Waals surface area contributed by atoms with Crippen molar-refractivity contribution in [3.05, 3.63) is 77.3 Å². The lowest BCUT2D eigenvalue weighted by molar-refractivity contribution is 0.0959. The minimum absolute atomic E-state index is 0.0596. The summed E-state index contributed by atoms with van der Waals surface area (Å²) in [4.78, 5) is 25.7. The fourth-order valence-corrected chi connectivity index (χ4v) is 4.94. The van der Waals surface area contributed by atoms with Gasteiger partial charge in [-0.25, -0.2) is 19.0 Å². The van der Waals surface area contributed by atoms with Crippen molar-refractivity contribution in [2.75, 3.05) is 4.90 Å². The van der Waals surface area contributed by atoms with Gasteiger partial charge in [-0.05, 0) is 67.1 Å². The molecule has 0 unspecified atom stereocenters. The average molecular weight is 462 g/mol. The van der Waals surface area contributed by atoms with Crippen LogP contribution in [0.1, 0.15) is 48.3 Å². The van der Waals surface area contributed by atoms with Gasteiger partial charge in [0.2, 0.25) is 5.82 Å². The summed E-state index contributed by atoms with van der Waals surface area (Å²) in [5.41, 5.74) is 1.68. The Balaban J connectivity index is 1.58. The van der Waals surface area contributed by atoms with Crippen LogP contribution in [0.5, 0.6) is 0 Å². The molecule has 0 atom stereocenters. The number of aryl methyl sites for hydroxylation is 1. The number of rotatable bonds is 5. The Bertz CT molecular complexity index is 1230. The number of carbonyl (C=O) groups is 1. The van der Waals surface area contributed by atoms with Crippen molar-refractivity contribution < 1.29 is 9.18 Å². The third-order valence-electron chi connectivity index (χ3n) is 5.91. The molecule has 0 saturated heterocycles. The molecule has 4 aromatic rings. The summed E-state index contributed by atoms with van der Waals surface area (Å²) in [6.45, 7) is 1.97. The molecule has 0 bridgehead atoms. The van der Waals surface area contributed by atoms with E-state index >= 15 is 0 Å². The van der Waals surface area contributed by atoms with E-state index in [1.54, 1.807) is 27.9 Å². The van der Waals surface area contributed by atoms with Gasteiger partial charge < -0.3 is 0 Å². The summed E-state index contributed by atoms with van der Waals surface area (Å²) in [6, 6.07) is 13.8. The molecule has 5 rings (SSSR count). The summed E-state index contributed by atoms with van der Waals surface area (Å²) in [5.74, 6) is 0.683. The lowest BCUT2D eigenvalue weighted by Crippen LogP contribution is -2.42. The van der Waals surface area contributed by atoms with Crippen LogP contribution in [0.3, 0.4) is 0 Å². The van der Waals surface area contributed by atoms with Crippen molar-refractivity contribution in [2.24, 2.45) is 0 Å². The molecular weight excluding hydrogens is 437 g/mol. The van der Waals surface area contributed by atoms with Gasteiger partial charge in [0, 0.05) is 12.2 Å². The Morgan fingerprint density at radius 3 is 2.55 bits per heavy atom. The van der Waals surface area contributed by atoms with E-state index in [-0.39, 0.29) is 23.6 Å². The van der Waals surface area contributed by atoms with Gasteiger partial charge in [0.05, 0.1) is 10.6 Å². The van der Waals surface area contributed by atoms with E-state index in [0.29, 0.717) is 17.3 Å². The number of pyridine rings is 1. The molecule has 0 aliphatic heterocycles. The minimum Gasteiger partial charge on any atom is -0.287 e. The van der Waals surface area contributed by atoms with Gasteiger partial charge >= 0.3 is 0 Å². The van der Waals surface area contributed by atoms with Crippen molar-refractivity contribution in [2.45, 2.75) is 45.1 Å². The Morgan fingerprint density at radius 2 is 1.88 bits per heavy atom. The number of nitrogens with zero attached hydrogens (tertiary/aromatic N) is 5. The number of carbonyl (C=O) groups excluding carboxylic acids is 1. The zero-order chi connectivity index (χ0) is 22.8. The van der Waals surface area contributed by atoms with Crippen molar-refractivity contribution in [1.29, 1.82) is 0 Å². The predicted molar refractivity (Wildman–Crippen MR) is 127 cm³/mol. The summed E-state index contributed by atoms with van der Waals surface area (Å²) in [6.07, 6.45) is 6.98. The second-order valence-electron chi connectivity index (χ2n) is 8.29. The second kappa shape index (κ2) is 9.23. The summed E-state index contributed by atoms with van der Waals surface area (Å²) >= 11 is 1.51. The third kappa shape index (κ3) is 4.43. The van der Waals surface area contributed by atoms with Crippen LogP contribution in [0, 0.1) is 12.7 Å². The molecule has 8 heteroatoms. The van der Waals surface area contributed by atoms with Crippen molar-refractivity contribution in [1.82, 2.24) is 19.7 Å². The minimum atomic E-state index is -0.332. The first kappa shape index (κ1) is 21.5. The van der Waals surface area contributed by atoms with Gasteiger partial charge in [-0.3, -0.25) is 9.69 Å². The molecule has 0 spiro atoms. The molecule has 0 N–H and O–H groups in total. The molecule has 3 heterocycles. The number of thiophene rings is 1. The maximum atomic E-state index is 13.8. The van der Waals surface area contributed by atoms with Crippen molar-refractivity contribution in [3.8, 4) is 16.4 Å². The molecule has 1 aliphatic carbocycles. The number of hydrogen-bond donors (Lipinski definition) is 0. The first-order valence-corrected chi connectivity index (χ1v) is 12.0. The highest BCUT2D eigenvalue weighted by molar-refractivity contribution is 7.13. The molecule has 1 aliphatic rings. The standard InChI is InChI=1S/C25H24FN5OS/c1-17-9-14-22(27-16-17)30(19-6-3-2-4-7-19)25(32)23-28-24(21-8-5-15-33-21)31(29-23)20-12-10-18(26)11-13-20/h5,8-16,19H,2-4,6-7H2,1H3. The van der Waals surface area contributed by atoms with E-state index in [1.807, 2.05) is 36.6 Å². The lowest BCUT2D eigenvalue weighted by atomic mass is 9.94. The maximum absolute atomic E-state index is 13.8. The van der Waals surface area contributed by atoms with E-state index in [9.17, 15) is 9.18 Å². The average Bonchev–Trinajstić information content (AvgIpc) is 3.52. The second-order valence-corrected chi connectivity index (χ2v) is 9.23. The van der Waals surface area contributed by atoms with Crippen LogP contribution in [-0.4, -0.2) is 31.7 Å². The van der Waals surface area contributed by atoms with Gasteiger partial charge in [-0.1, -0.05) is 31.4 Å². The molecular formula is C25H24FN5OS. The smallest absolute Gasteiger partial charge is 0.287 e. The molecule has 1 saturated carbocycles. The SMILES string of the molecule is Cc1ccc(N(C(=O)c2nc(-c3cccs3)n(-c3ccc(F)cc3)n2)C2CCCCC2)nc1. The first-order chi connectivity index (χ1) is 16.1. The number of anilines is 1. The Hall–Kier alpha value is -3.39. The number of hydrogen-bond acceptors (Lipinski definition) is 5. The van der Waals surface area contributed by atoms with E-state index in [2.05, 4.69) is 15.1 Å². The lowest BCUT2D eigenvalue weighted by Gasteiger charge is -2.32. The number of amides is 1. The molecule has 1 aromatic carbocycles. The molecule has 1 fully saturated rings. The van der Waals surface area contributed by atoms with E-state index in [0.717, 1.165) is 36.1 Å². The quantitative estimate of drug-likeness (QED) is 0.376. The maximum Gasteiger partial charge on any atom is 0.299 e. The van der Waals surface area contributed by atoms with E-state index in [4.69, 9.17) is 0 Å². The van der Waals surface area contributed by atoms with Crippen molar-refractivity contribution in [3.63, 3.8) is 0 Å². The van der Waals surface area contributed by atoms with E-state index in [1.165, 1.54) is 29.9 Å².